The third kappa shape index (κ3) is 3.44. The third-order valence-electron chi connectivity index (χ3n) is 4.66. The van der Waals surface area contributed by atoms with E-state index in [0.717, 1.165) is 0 Å². The Morgan fingerprint density at radius 2 is 2.07 bits per heavy atom. The van der Waals surface area contributed by atoms with E-state index in [1.54, 1.807) is 16.8 Å². The number of carbonyl (C=O) groups excluding carboxylic acids is 1. The van der Waals surface area contributed by atoms with Gasteiger partial charge >= 0.3 is 0 Å². The molecular weight excluding hydrogens is 438 g/mol. The lowest BCUT2D eigenvalue weighted by Gasteiger charge is -2.29. The zero-order valence-electron chi connectivity index (χ0n) is 15.7. The van der Waals surface area contributed by atoms with Crippen molar-refractivity contribution in [3.05, 3.63) is 70.1 Å². The molecule has 0 saturated carbocycles. The molecule has 9 heteroatoms. The van der Waals surface area contributed by atoms with Gasteiger partial charge in [-0.1, -0.05) is 18.2 Å². The summed E-state index contributed by atoms with van der Waals surface area (Å²) in [6.45, 7) is 1.82. The van der Waals surface area contributed by atoms with E-state index in [1.807, 2.05) is 37.3 Å². The smallest absolute Gasteiger partial charge is 0.255 e. The summed E-state index contributed by atoms with van der Waals surface area (Å²) in [5.41, 5.74) is 2.53. The molecule has 0 fully saturated rings. The number of phenolic OH excluding ortho intramolecular Hbond substituents is 1. The zero-order valence-corrected chi connectivity index (χ0v) is 17.3. The van der Waals surface area contributed by atoms with Gasteiger partial charge in [-0.2, -0.15) is 10.1 Å². The van der Waals surface area contributed by atoms with Crippen LogP contribution < -0.4 is 15.4 Å². The fraction of sp³-hybridized carbons (Fsp3) is 0.150. The first-order valence-electron chi connectivity index (χ1n) is 8.79. The molecule has 0 unspecified atom stereocenters. The van der Waals surface area contributed by atoms with Crippen LogP contribution in [0.4, 0.5) is 11.6 Å². The van der Waals surface area contributed by atoms with E-state index in [9.17, 15) is 9.90 Å². The number of ether oxygens (including phenoxy) is 1. The van der Waals surface area contributed by atoms with Crippen LogP contribution in [0.25, 0.3) is 0 Å². The summed E-state index contributed by atoms with van der Waals surface area (Å²) in [5.74, 6) is 0.525. The molecule has 3 aromatic rings. The second-order valence-electron chi connectivity index (χ2n) is 6.47. The number of nitrogens with zero attached hydrogens (tertiary/aromatic N) is 3. The number of rotatable bonds is 4. The van der Waals surface area contributed by atoms with Gasteiger partial charge in [0.05, 0.1) is 17.2 Å². The van der Waals surface area contributed by atoms with Crippen molar-refractivity contribution in [1.82, 2.24) is 14.8 Å². The van der Waals surface area contributed by atoms with Gasteiger partial charge in [0.25, 0.3) is 5.91 Å². The third-order valence-corrected chi connectivity index (χ3v) is 5.26. The van der Waals surface area contributed by atoms with Crippen molar-refractivity contribution in [2.75, 3.05) is 17.7 Å². The maximum Gasteiger partial charge on any atom is 0.255 e. The Hall–Kier alpha value is -3.33. The van der Waals surface area contributed by atoms with Gasteiger partial charge in [0.2, 0.25) is 5.95 Å². The topological polar surface area (TPSA) is 101 Å². The molecule has 148 valence electrons. The Bertz CT molecular complexity index is 1110. The van der Waals surface area contributed by atoms with Crippen LogP contribution in [0.3, 0.4) is 0 Å². The summed E-state index contributed by atoms with van der Waals surface area (Å²) < 4.78 is 7.37. The SMILES string of the molecule is COc1cc([C@@H]2C(C(=O)Nc3ccccc3)=C(C)Nc3ncnn32)cc(Br)c1O. The molecule has 3 N–H and O–H groups in total. The number of para-hydroxylation sites is 1. The molecule has 0 bridgehead atoms. The van der Waals surface area contributed by atoms with Gasteiger partial charge in [0, 0.05) is 11.4 Å². The molecule has 8 nitrogen and oxygen atoms in total. The van der Waals surface area contributed by atoms with Gasteiger partial charge in [-0.15, -0.1) is 0 Å². The van der Waals surface area contributed by atoms with E-state index in [-0.39, 0.29) is 17.4 Å². The van der Waals surface area contributed by atoms with Crippen LogP contribution in [0.15, 0.2) is 64.5 Å². The molecule has 0 saturated heterocycles. The Morgan fingerprint density at radius 3 is 2.79 bits per heavy atom. The van der Waals surface area contributed by atoms with Crippen molar-refractivity contribution >= 4 is 33.5 Å². The van der Waals surface area contributed by atoms with Gasteiger partial charge in [-0.3, -0.25) is 4.79 Å². The van der Waals surface area contributed by atoms with Gasteiger partial charge < -0.3 is 20.5 Å². The van der Waals surface area contributed by atoms with E-state index in [4.69, 9.17) is 4.74 Å². The summed E-state index contributed by atoms with van der Waals surface area (Å²) in [4.78, 5) is 17.5. The van der Waals surface area contributed by atoms with E-state index in [1.165, 1.54) is 13.4 Å². The molecule has 2 aromatic carbocycles. The number of aromatic nitrogens is 3. The summed E-state index contributed by atoms with van der Waals surface area (Å²) in [5, 5.41) is 20.5. The summed E-state index contributed by atoms with van der Waals surface area (Å²) in [6, 6.07) is 12.1. The number of phenols is 1. The maximum atomic E-state index is 13.2. The molecule has 29 heavy (non-hydrogen) atoms. The van der Waals surface area contributed by atoms with E-state index in [2.05, 4.69) is 36.6 Å². The molecule has 4 rings (SSSR count). The molecule has 2 heterocycles. The first kappa shape index (κ1) is 19.0. The molecular formula is C20H18BrN5O3. The van der Waals surface area contributed by atoms with E-state index < -0.39 is 6.04 Å². The minimum Gasteiger partial charge on any atom is -0.503 e. The van der Waals surface area contributed by atoms with Gasteiger partial charge in [-0.05, 0) is 52.7 Å². The number of methoxy groups -OCH3 is 1. The lowest BCUT2D eigenvalue weighted by Crippen LogP contribution is -2.31. The number of halogens is 1. The standard InChI is InChI=1S/C20H18BrN5O3/c1-11-16(19(28)25-13-6-4-3-5-7-13)17(26-20(24-11)22-10-23-26)12-8-14(21)18(27)15(9-12)29-2/h3-10,17,27H,1-2H3,(H,25,28)(H,22,23,24)/t17-/m1/s1. The second kappa shape index (κ2) is 7.59. The zero-order chi connectivity index (χ0) is 20.5. The molecule has 1 atom stereocenters. The molecule has 1 amide bonds. The normalized spacial score (nSPS) is 15.5. The summed E-state index contributed by atoms with van der Waals surface area (Å²) >= 11 is 3.35. The number of carbonyl (C=O) groups is 1. The fourth-order valence-electron chi connectivity index (χ4n) is 3.32. The van der Waals surface area contributed by atoms with Crippen molar-refractivity contribution < 1.29 is 14.6 Å². The number of hydrogen-bond acceptors (Lipinski definition) is 6. The number of hydrogen-bond donors (Lipinski definition) is 3. The Balaban J connectivity index is 1.83. The monoisotopic (exact) mass is 455 g/mol. The van der Waals surface area contributed by atoms with Crippen LogP contribution >= 0.6 is 15.9 Å². The first-order chi connectivity index (χ1) is 14.0. The van der Waals surface area contributed by atoms with Crippen LogP contribution in [-0.2, 0) is 4.79 Å². The number of anilines is 2. The highest BCUT2D eigenvalue weighted by atomic mass is 79.9. The number of nitrogens with one attached hydrogen (secondary N) is 2. The highest BCUT2D eigenvalue weighted by Gasteiger charge is 2.34. The lowest BCUT2D eigenvalue weighted by molar-refractivity contribution is -0.113. The van der Waals surface area contributed by atoms with Gasteiger partial charge in [0.15, 0.2) is 11.5 Å². The van der Waals surface area contributed by atoms with Crippen molar-refractivity contribution in [2.24, 2.45) is 0 Å². The molecule has 1 aliphatic heterocycles. The molecule has 0 aliphatic carbocycles. The predicted molar refractivity (Wildman–Crippen MR) is 112 cm³/mol. The van der Waals surface area contributed by atoms with Gasteiger partial charge in [0.1, 0.15) is 12.4 Å². The van der Waals surface area contributed by atoms with Gasteiger partial charge in [-0.25, -0.2) is 4.68 Å². The first-order valence-corrected chi connectivity index (χ1v) is 9.59. The number of fused-ring (bicyclic) bond motifs is 1. The summed E-state index contributed by atoms with van der Waals surface area (Å²) in [7, 11) is 1.47. The van der Waals surface area contributed by atoms with Crippen LogP contribution in [0.1, 0.15) is 18.5 Å². The predicted octanol–water partition coefficient (Wildman–Crippen LogP) is 3.68. The number of allylic oxidation sites excluding steroid dienone is 1. The molecule has 0 spiro atoms. The number of benzene rings is 2. The highest BCUT2D eigenvalue weighted by Crippen LogP contribution is 2.41. The van der Waals surface area contributed by atoms with Crippen LogP contribution in [-0.4, -0.2) is 32.9 Å². The van der Waals surface area contributed by atoms with Crippen molar-refractivity contribution in [3.8, 4) is 11.5 Å². The number of aromatic hydroxyl groups is 1. The quantitative estimate of drug-likeness (QED) is 0.554. The summed E-state index contributed by atoms with van der Waals surface area (Å²) in [6.07, 6.45) is 1.42. The highest BCUT2D eigenvalue weighted by molar-refractivity contribution is 9.10. The fourth-order valence-corrected chi connectivity index (χ4v) is 3.78. The lowest BCUT2D eigenvalue weighted by atomic mass is 9.94. The van der Waals surface area contributed by atoms with Crippen molar-refractivity contribution in [1.29, 1.82) is 0 Å². The Labute approximate surface area is 175 Å². The second-order valence-corrected chi connectivity index (χ2v) is 7.32. The molecule has 0 radical (unpaired) electrons. The van der Waals surface area contributed by atoms with Crippen LogP contribution in [0, 0.1) is 0 Å². The Kier molecular flexibility index (Phi) is 4.98. The van der Waals surface area contributed by atoms with E-state index in [0.29, 0.717) is 32.9 Å². The molecule has 1 aromatic heterocycles. The average Bonchev–Trinajstić information content (AvgIpc) is 3.17. The van der Waals surface area contributed by atoms with E-state index >= 15 is 0 Å². The maximum absolute atomic E-state index is 13.2. The average molecular weight is 456 g/mol. The largest absolute Gasteiger partial charge is 0.503 e. The van der Waals surface area contributed by atoms with Crippen molar-refractivity contribution in [2.45, 2.75) is 13.0 Å². The van der Waals surface area contributed by atoms with Crippen molar-refractivity contribution in [3.63, 3.8) is 0 Å². The molecule has 1 aliphatic rings. The van der Waals surface area contributed by atoms with Crippen LogP contribution in [0.5, 0.6) is 11.5 Å². The minimum absolute atomic E-state index is 0.0139. The van der Waals surface area contributed by atoms with Crippen LogP contribution in [0.2, 0.25) is 0 Å². The minimum atomic E-state index is -0.566. The number of amides is 1. The Morgan fingerprint density at radius 1 is 1.31 bits per heavy atom.